The molecule has 0 aromatic carbocycles. The number of fused-ring (bicyclic) bond motifs is 1. The van der Waals surface area contributed by atoms with Crippen molar-refractivity contribution in [3.05, 3.63) is 47.2 Å². The van der Waals surface area contributed by atoms with Crippen molar-refractivity contribution in [2.24, 2.45) is 5.92 Å². The first kappa shape index (κ1) is 19.8. The summed E-state index contributed by atoms with van der Waals surface area (Å²) in [6.45, 7) is 7.90. The zero-order valence-electron chi connectivity index (χ0n) is 17.3. The van der Waals surface area contributed by atoms with Crippen LogP contribution in [0.15, 0.2) is 24.5 Å². The van der Waals surface area contributed by atoms with Crippen LogP contribution in [0.1, 0.15) is 54.1 Å². The van der Waals surface area contributed by atoms with Gasteiger partial charge in [-0.1, -0.05) is 19.9 Å². The molecular weight excluding hydrogens is 364 g/mol. The van der Waals surface area contributed by atoms with Crippen molar-refractivity contribution in [3.63, 3.8) is 0 Å². The quantitative estimate of drug-likeness (QED) is 0.783. The molecule has 1 atom stereocenters. The van der Waals surface area contributed by atoms with Gasteiger partial charge in [-0.2, -0.15) is 0 Å². The van der Waals surface area contributed by atoms with Gasteiger partial charge in [-0.25, -0.2) is 9.97 Å². The van der Waals surface area contributed by atoms with Gasteiger partial charge in [0.25, 0.3) is 5.91 Å². The number of nitrogens with zero attached hydrogens (tertiary/aromatic N) is 4. The molecule has 1 saturated heterocycles. The summed E-state index contributed by atoms with van der Waals surface area (Å²) in [7, 11) is 0. The monoisotopic (exact) mass is 394 g/mol. The van der Waals surface area contributed by atoms with Gasteiger partial charge in [-0.3, -0.25) is 14.7 Å². The zero-order valence-corrected chi connectivity index (χ0v) is 17.3. The molecule has 2 aliphatic heterocycles. The minimum absolute atomic E-state index is 0.0800. The van der Waals surface area contributed by atoms with Crippen molar-refractivity contribution < 1.29 is 4.79 Å². The molecule has 1 unspecified atom stereocenters. The second kappa shape index (κ2) is 8.86. The van der Waals surface area contributed by atoms with Crippen molar-refractivity contribution in [1.82, 2.24) is 25.2 Å². The predicted octanol–water partition coefficient (Wildman–Crippen LogP) is 2.43. The van der Waals surface area contributed by atoms with E-state index in [2.05, 4.69) is 45.4 Å². The molecule has 0 bridgehead atoms. The van der Waals surface area contributed by atoms with E-state index in [4.69, 9.17) is 4.98 Å². The molecule has 4 rings (SSSR count). The highest BCUT2D eigenvalue weighted by atomic mass is 16.1. The van der Waals surface area contributed by atoms with Gasteiger partial charge >= 0.3 is 0 Å². The third kappa shape index (κ3) is 4.90. The first-order valence-corrected chi connectivity index (χ1v) is 10.6. The Bertz CT molecular complexity index is 854. The molecular formula is C22H30N6O. The van der Waals surface area contributed by atoms with E-state index in [1.165, 1.54) is 5.56 Å². The van der Waals surface area contributed by atoms with Crippen LogP contribution >= 0.6 is 0 Å². The number of nitrogens with one attached hydrogen (secondary N) is 2. The summed E-state index contributed by atoms with van der Waals surface area (Å²) in [6, 6.07) is 4.43. The Hall–Kier alpha value is -2.54. The van der Waals surface area contributed by atoms with Gasteiger partial charge in [0.05, 0.1) is 0 Å². The Morgan fingerprint density at radius 1 is 1.34 bits per heavy atom. The SMILES string of the molecule is CC(C)Cc1nc(NC2CCCN(Cc3cccnc3)C2)c2c(n1)C(=O)NCC2. The van der Waals surface area contributed by atoms with E-state index in [0.29, 0.717) is 24.2 Å². The molecule has 0 spiro atoms. The van der Waals surface area contributed by atoms with Crippen molar-refractivity contribution in [2.75, 3.05) is 25.0 Å². The fourth-order valence-electron chi connectivity index (χ4n) is 4.18. The van der Waals surface area contributed by atoms with Gasteiger partial charge in [0.15, 0.2) is 0 Å². The molecule has 1 amide bonds. The molecule has 29 heavy (non-hydrogen) atoms. The number of hydrogen-bond donors (Lipinski definition) is 2. The number of rotatable bonds is 6. The summed E-state index contributed by atoms with van der Waals surface area (Å²) in [5.41, 5.74) is 2.75. The predicted molar refractivity (Wildman–Crippen MR) is 113 cm³/mol. The summed E-state index contributed by atoms with van der Waals surface area (Å²) in [5.74, 6) is 1.97. The topological polar surface area (TPSA) is 83.0 Å². The summed E-state index contributed by atoms with van der Waals surface area (Å²) < 4.78 is 0. The highest BCUT2D eigenvalue weighted by Crippen LogP contribution is 2.24. The zero-order chi connectivity index (χ0) is 20.2. The van der Waals surface area contributed by atoms with Gasteiger partial charge < -0.3 is 10.6 Å². The number of hydrogen-bond acceptors (Lipinski definition) is 6. The number of likely N-dealkylation sites (tertiary alicyclic amines) is 1. The normalized spacial score (nSPS) is 19.7. The lowest BCUT2D eigenvalue weighted by atomic mass is 10.0. The minimum Gasteiger partial charge on any atom is -0.366 e. The Morgan fingerprint density at radius 3 is 3.03 bits per heavy atom. The van der Waals surface area contributed by atoms with Crippen LogP contribution in [0.4, 0.5) is 5.82 Å². The Labute approximate surface area is 172 Å². The first-order valence-electron chi connectivity index (χ1n) is 10.6. The fourth-order valence-corrected chi connectivity index (χ4v) is 4.18. The third-order valence-electron chi connectivity index (χ3n) is 5.50. The molecule has 2 aliphatic rings. The Morgan fingerprint density at radius 2 is 2.24 bits per heavy atom. The molecule has 7 nitrogen and oxygen atoms in total. The Kier molecular flexibility index (Phi) is 6.04. The van der Waals surface area contributed by atoms with E-state index in [0.717, 1.165) is 62.5 Å². The maximum atomic E-state index is 12.4. The third-order valence-corrected chi connectivity index (χ3v) is 5.50. The first-order chi connectivity index (χ1) is 14.1. The highest BCUT2D eigenvalue weighted by Gasteiger charge is 2.27. The molecule has 7 heteroatoms. The van der Waals surface area contributed by atoms with Crippen molar-refractivity contribution >= 4 is 11.7 Å². The number of anilines is 1. The van der Waals surface area contributed by atoms with Gasteiger partial charge in [0.2, 0.25) is 0 Å². The van der Waals surface area contributed by atoms with E-state index in [9.17, 15) is 4.79 Å². The van der Waals surface area contributed by atoms with Crippen LogP contribution in [0, 0.1) is 5.92 Å². The van der Waals surface area contributed by atoms with E-state index in [1.807, 2.05) is 18.5 Å². The number of amides is 1. The lowest BCUT2D eigenvalue weighted by molar-refractivity contribution is 0.0940. The smallest absolute Gasteiger partial charge is 0.270 e. The van der Waals surface area contributed by atoms with Crippen LogP contribution in [-0.2, 0) is 19.4 Å². The number of carbonyl (C=O) groups is 1. The standard InChI is InChI=1S/C22H30N6O/c1-15(2)11-19-26-20-18(7-9-24-22(20)29)21(27-19)25-17-6-4-10-28(14-17)13-16-5-3-8-23-12-16/h3,5,8,12,15,17H,4,6-7,9-11,13-14H2,1-2H3,(H,24,29)(H,25,26,27). The molecule has 4 heterocycles. The summed E-state index contributed by atoms with van der Waals surface area (Å²) in [6.07, 6.45) is 7.55. The maximum Gasteiger partial charge on any atom is 0.270 e. The van der Waals surface area contributed by atoms with Crippen LogP contribution in [-0.4, -0.2) is 51.4 Å². The highest BCUT2D eigenvalue weighted by molar-refractivity contribution is 5.96. The molecule has 2 aromatic heterocycles. The lowest BCUT2D eigenvalue weighted by Gasteiger charge is -2.34. The molecule has 0 saturated carbocycles. The van der Waals surface area contributed by atoms with Crippen LogP contribution in [0.2, 0.25) is 0 Å². The van der Waals surface area contributed by atoms with E-state index < -0.39 is 0 Å². The molecule has 0 radical (unpaired) electrons. The minimum atomic E-state index is -0.0800. The van der Waals surface area contributed by atoms with E-state index in [-0.39, 0.29) is 5.91 Å². The number of aromatic nitrogens is 3. The molecule has 2 aromatic rings. The molecule has 0 aliphatic carbocycles. The summed E-state index contributed by atoms with van der Waals surface area (Å²) >= 11 is 0. The van der Waals surface area contributed by atoms with Gasteiger partial charge in [0, 0.05) is 50.1 Å². The van der Waals surface area contributed by atoms with Gasteiger partial charge in [-0.05, 0) is 43.4 Å². The summed E-state index contributed by atoms with van der Waals surface area (Å²) in [5, 5.41) is 6.58. The maximum absolute atomic E-state index is 12.4. The van der Waals surface area contributed by atoms with Crippen LogP contribution in [0.3, 0.4) is 0 Å². The fraction of sp³-hybridized carbons (Fsp3) is 0.545. The molecule has 1 fully saturated rings. The van der Waals surface area contributed by atoms with E-state index in [1.54, 1.807) is 0 Å². The summed E-state index contributed by atoms with van der Waals surface area (Å²) in [4.78, 5) is 28.5. The average molecular weight is 395 g/mol. The van der Waals surface area contributed by atoms with Crippen LogP contribution < -0.4 is 10.6 Å². The molecule has 2 N–H and O–H groups in total. The largest absolute Gasteiger partial charge is 0.366 e. The lowest BCUT2D eigenvalue weighted by Crippen LogP contribution is -2.42. The number of piperidine rings is 1. The van der Waals surface area contributed by atoms with Crippen LogP contribution in [0.25, 0.3) is 0 Å². The second-order valence-electron chi connectivity index (χ2n) is 8.50. The second-order valence-corrected chi connectivity index (χ2v) is 8.50. The van der Waals surface area contributed by atoms with Crippen LogP contribution in [0.5, 0.6) is 0 Å². The Balaban J connectivity index is 1.51. The number of pyridine rings is 1. The van der Waals surface area contributed by atoms with Crippen molar-refractivity contribution in [2.45, 2.75) is 52.1 Å². The van der Waals surface area contributed by atoms with E-state index >= 15 is 0 Å². The van der Waals surface area contributed by atoms with Crippen molar-refractivity contribution in [3.8, 4) is 0 Å². The average Bonchev–Trinajstić information content (AvgIpc) is 2.69. The number of carbonyl (C=O) groups excluding carboxylic acids is 1. The van der Waals surface area contributed by atoms with Gasteiger partial charge in [-0.15, -0.1) is 0 Å². The van der Waals surface area contributed by atoms with Crippen molar-refractivity contribution in [1.29, 1.82) is 0 Å². The molecule has 154 valence electrons. The van der Waals surface area contributed by atoms with Gasteiger partial charge in [0.1, 0.15) is 17.3 Å².